The van der Waals surface area contributed by atoms with Crippen molar-refractivity contribution in [3.8, 4) is 11.1 Å². The molecule has 0 saturated heterocycles. The van der Waals surface area contributed by atoms with Gasteiger partial charge in [-0.25, -0.2) is 9.80 Å². The molecule has 3 rings (SSSR count). The molecule has 2 amide bonds. The molecule has 0 fully saturated rings. The number of fused-ring (bicyclic) bond motifs is 3. The van der Waals surface area contributed by atoms with Gasteiger partial charge in [-0.1, -0.05) is 48.5 Å². The largest absolute Gasteiger partial charge is 0.481 e. The molecule has 2 aromatic rings. The molecule has 1 atom stereocenters. The molecule has 8 heteroatoms. The molecule has 0 saturated carbocycles. The first-order chi connectivity index (χ1) is 13.9. The van der Waals surface area contributed by atoms with E-state index in [9.17, 15) is 14.4 Å². The summed E-state index contributed by atoms with van der Waals surface area (Å²) in [6, 6.07) is 14.6. The highest BCUT2D eigenvalue weighted by atomic mass is 16.5. The highest BCUT2D eigenvalue weighted by molar-refractivity contribution is 5.89. The summed E-state index contributed by atoms with van der Waals surface area (Å²) in [6.45, 7) is 0.0783. The quantitative estimate of drug-likeness (QED) is 0.617. The predicted octanol–water partition coefficient (Wildman–Crippen LogP) is 1.96. The highest BCUT2D eigenvalue weighted by Crippen LogP contribution is 2.44. The number of carbonyl (C=O) groups is 3. The molecule has 1 aliphatic carbocycles. The standard InChI is InChI=1S/C21H23N3O5/c1-24(2)23-20(27)18(11-19(25)26)22-21(28)29-12-17-15-9-5-3-7-13(15)14-8-4-6-10-16(14)17/h3-10,17-18H,11-12H2,1-2H3,(H,22,28)(H,23,27)(H,25,26). The fourth-order valence-corrected chi connectivity index (χ4v) is 3.46. The van der Waals surface area contributed by atoms with Crippen molar-refractivity contribution >= 4 is 18.0 Å². The third-order valence-corrected chi connectivity index (χ3v) is 4.66. The van der Waals surface area contributed by atoms with Gasteiger partial charge in [-0.2, -0.15) is 0 Å². The number of hydrogen-bond acceptors (Lipinski definition) is 5. The van der Waals surface area contributed by atoms with Crippen molar-refractivity contribution in [1.29, 1.82) is 0 Å². The van der Waals surface area contributed by atoms with Crippen LogP contribution >= 0.6 is 0 Å². The summed E-state index contributed by atoms with van der Waals surface area (Å²) in [7, 11) is 3.17. The number of amides is 2. The maximum atomic E-state index is 12.3. The van der Waals surface area contributed by atoms with E-state index < -0.39 is 30.4 Å². The number of nitrogens with zero attached hydrogens (tertiary/aromatic N) is 1. The van der Waals surface area contributed by atoms with Crippen LogP contribution in [0.1, 0.15) is 23.5 Å². The molecule has 3 N–H and O–H groups in total. The maximum Gasteiger partial charge on any atom is 0.407 e. The average Bonchev–Trinajstić information content (AvgIpc) is 2.99. The Labute approximate surface area is 168 Å². The van der Waals surface area contributed by atoms with E-state index in [0.29, 0.717) is 0 Å². The average molecular weight is 397 g/mol. The zero-order chi connectivity index (χ0) is 21.0. The Bertz CT molecular complexity index is 883. The van der Waals surface area contributed by atoms with Crippen molar-refractivity contribution in [3.63, 3.8) is 0 Å². The number of hydrazine groups is 1. The second-order valence-electron chi connectivity index (χ2n) is 6.99. The number of alkyl carbamates (subject to hydrolysis) is 1. The Balaban J connectivity index is 1.68. The lowest BCUT2D eigenvalue weighted by atomic mass is 9.98. The van der Waals surface area contributed by atoms with Crippen LogP contribution in [0.25, 0.3) is 11.1 Å². The summed E-state index contributed by atoms with van der Waals surface area (Å²) in [6.07, 6.45) is -1.39. The molecule has 0 radical (unpaired) electrons. The van der Waals surface area contributed by atoms with Gasteiger partial charge in [0.1, 0.15) is 12.6 Å². The highest BCUT2D eigenvalue weighted by Gasteiger charge is 2.30. The fourth-order valence-electron chi connectivity index (χ4n) is 3.46. The van der Waals surface area contributed by atoms with Crippen molar-refractivity contribution < 1.29 is 24.2 Å². The van der Waals surface area contributed by atoms with Crippen molar-refractivity contribution in [2.75, 3.05) is 20.7 Å². The molecule has 0 aromatic heterocycles. The molecule has 1 aliphatic rings. The van der Waals surface area contributed by atoms with Crippen molar-refractivity contribution in [2.24, 2.45) is 0 Å². The van der Waals surface area contributed by atoms with Crippen molar-refractivity contribution in [3.05, 3.63) is 59.7 Å². The summed E-state index contributed by atoms with van der Waals surface area (Å²) in [5, 5.41) is 12.7. The van der Waals surface area contributed by atoms with E-state index in [0.717, 1.165) is 22.3 Å². The SMILES string of the molecule is CN(C)NC(=O)C(CC(=O)O)NC(=O)OCC1c2ccccc2-c2ccccc21. The maximum absolute atomic E-state index is 12.3. The van der Waals surface area contributed by atoms with Crippen LogP contribution in [0.2, 0.25) is 0 Å². The van der Waals surface area contributed by atoms with E-state index in [4.69, 9.17) is 9.84 Å². The molecule has 152 valence electrons. The second kappa shape index (κ2) is 8.74. The van der Waals surface area contributed by atoms with Crippen LogP contribution in [0.3, 0.4) is 0 Å². The molecule has 2 aromatic carbocycles. The van der Waals surface area contributed by atoms with Crippen LogP contribution in [0.4, 0.5) is 4.79 Å². The van der Waals surface area contributed by atoms with Gasteiger partial charge in [-0.15, -0.1) is 0 Å². The third kappa shape index (κ3) is 4.72. The monoisotopic (exact) mass is 397 g/mol. The number of carboxylic acid groups (broad SMARTS) is 1. The van der Waals surface area contributed by atoms with Crippen molar-refractivity contribution in [2.45, 2.75) is 18.4 Å². The first-order valence-corrected chi connectivity index (χ1v) is 9.18. The molecular weight excluding hydrogens is 374 g/mol. The van der Waals surface area contributed by atoms with E-state index in [-0.39, 0.29) is 12.5 Å². The van der Waals surface area contributed by atoms with E-state index in [1.165, 1.54) is 5.01 Å². The summed E-state index contributed by atoms with van der Waals surface area (Å²) in [4.78, 5) is 35.4. The molecule has 0 bridgehead atoms. The zero-order valence-corrected chi connectivity index (χ0v) is 16.2. The lowest BCUT2D eigenvalue weighted by molar-refractivity contribution is -0.140. The normalized spacial score (nSPS) is 13.3. The molecule has 0 aliphatic heterocycles. The Hall–Kier alpha value is -3.39. The van der Waals surface area contributed by atoms with E-state index in [1.54, 1.807) is 14.1 Å². The molecular formula is C21H23N3O5. The number of aliphatic carboxylic acids is 1. The Morgan fingerprint density at radius 3 is 2.10 bits per heavy atom. The van der Waals surface area contributed by atoms with Crippen LogP contribution in [-0.4, -0.2) is 54.8 Å². The number of rotatable bonds is 7. The van der Waals surface area contributed by atoms with Gasteiger partial charge in [0.2, 0.25) is 0 Å². The van der Waals surface area contributed by atoms with Crippen molar-refractivity contribution in [1.82, 2.24) is 15.8 Å². The van der Waals surface area contributed by atoms with Gasteiger partial charge in [0.05, 0.1) is 6.42 Å². The van der Waals surface area contributed by atoms with Gasteiger partial charge in [0.25, 0.3) is 5.91 Å². The minimum atomic E-state index is -1.24. The summed E-state index contributed by atoms with van der Waals surface area (Å²) in [5.41, 5.74) is 6.77. The topological polar surface area (TPSA) is 108 Å². The Morgan fingerprint density at radius 2 is 1.59 bits per heavy atom. The number of hydrogen-bond donors (Lipinski definition) is 3. The minimum absolute atomic E-state index is 0.0783. The Morgan fingerprint density at radius 1 is 1.03 bits per heavy atom. The zero-order valence-electron chi connectivity index (χ0n) is 16.2. The van der Waals surface area contributed by atoms with Gasteiger partial charge < -0.3 is 15.2 Å². The smallest absolute Gasteiger partial charge is 0.407 e. The second-order valence-corrected chi connectivity index (χ2v) is 6.99. The lowest BCUT2D eigenvalue weighted by Gasteiger charge is -2.20. The van der Waals surface area contributed by atoms with Crippen LogP contribution in [-0.2, 0) is 14.3 Å². The predicted molar refractivity (Wildman–Crippen MR) is 106 cm³/mol. The van der Waals surface area contributed by atoms with Gasteiger partial charge in [0.15, 0.2) is 0 Å². The van der Waals surface area contributed by atoms with Gasteiger partial charge >= 0.3 is 12.1 Å². The van der Waals surface area contributed by atoms with Crippen LogP contribution in [0.15, 0.2) is 48.5 Å². The van der Waals surface area contributed by atoms with Crippen LogP contribution < -0.4 is 10.7 Å². The number of ether oxygens (including phenoxy) is 1. The van der Waals surface area contributed by atoms with Crippen LogP contribution in [0.5, 0.6) is 0 Å². The number of benzene rings is 2. The van der Waals surface area contributed by atoms with E-state index >= 15 is 0 Å². The fraction of sp³-hybridized carbons (Fsp3) is 0.286. The van der Waals surface area contributed by atoms with Crippen LogP contribution in [0, 0.1) is 0 Å². The first-order valence-electron chi connectivity index (χ1n) is 9.18. The van der Waals surface area contributed by atoms with Gasteiger partial charge in [-0.3, -0.25) is 15.0 Å². The molecule has 0 heterocycles. The summed E-state index contributed by atoms with van der Waals surface area (Å²) in [5.74, 6) is -1.96. The van der Waals surface area contributed by atoms with Gasteiger partial charge in [0, 0.05) is 20.0 Å². The number of carboxylic acids is 1. The number of carbonyl (C=O) groups excluding carboxylic acids is 2. The van der Waals surface area contributed by atoms with E-state index in [1.807, 2.05) is 48.5 Å². The molecule has 29 heavy (non-hydrogen) atoms. The molecule has 1 unspecified atom stereocenters. The van der Waals surface area contributed by atoms with Gasteiger partial charge in [-0.05, 0) is 22.3 Å². The summed E-state index contributed by atoms with van der Waals surface area (Å²) < 4.78 is 5.37. The molecule has 0 spiro atoms. The Kier molecular flexibility index (Phi) is 6.13. The molecule has 8 nitrogen and oxygen atoms in total. The first kappa shape index (κ1) is 20.3. The lowest BCUT2D eigenvalue weighted by Crippen LogP contribution is -2.51. The number of nitrogens with one attached hydrogen (secondary N) is 2. The minimum Gasteiger partial charge on any atom is -0.481 e. The third-order valence-electron chi connectivity index (χ3n) is 4.66. The summed E-state index contributed by atoms with van der Waals surface area (Å²) >= 11 is 0. The van der Waals surface area contributed by atoms with E-state index in [2.05, 4.69) is 10.7 Å².